The highest BCUT2D eigenvalue weighted by atomic mass is 16.5. The van der Waals surface area contributed by atoms with Gasteiger partial charge in [0.25, 0.3) is 0 Å². The molecule has 1 aliphatic carbocycles. The Morgan fingerprint density at radius 1 is 0.857 bits per heavy atom. The predicted molar refractivity (Wildman–Crippen MR) is 164 cm³/mol. The fourth-order valence-electron chi connectivity index (χ4n) is 4.60. The molecular weight excluding hydrogens is 534 g/mol. The molecule has 0 bridgehead atoms. The topological polar surface area (TPSA) is 161 Å². The van der Waals surface area contributed by atoms with E-state index in [0.29, 0.717) is 69.9 Å². The molecule has 0 aliphatic heterocycles. The Labute approximate surface area is 247 Å². The molecular formula is C30H43N9O3. The van der Waals surface area contributed by atoms with Gasteiger partial charge in [0.1, 0.15) is 0 Å². The molecule has 0 atom stereocenters. The van der Waals surface area contributed by atoms with Gasteiger partial charge in [0.15, 0.2) is 0 Å². The van der Waals surface area contributed by atoms with E-state index in [9.17, 15) is 4.79 Å². The van der Waals surface area contributed by atoms with Crippen LogP contribution in [0.1, 0.15) is 43.4 Å². The van der Waals surface area contributed by atoms with E-state index >= 15 is 0 Å². The molecule has 2 heterocycles. The number of anilines is 4. The lowest BCUT2D eigenvalue weighted by Crippen LogP contribution is -2.29. The zero-order valence-electron chi connectivity index (χ0n) is 24.2. The number of pyridine rings is 1. The summed E-state index contributed by atoms with van der Waals surface area (Å²) in [7, 11) is 0. The van der Waals surface area contributed by atoms with Gasteiger partial charge in [-0.05, 0) is 42.7 Å². The fourth-order valence-corrected chi connectivity index (χ4v) is 4.60. The number of hydrogen-bond donors (Lipinski definition) is 5. The van der Waals surface area contributed by atoms with E-state index in [1.54, 1.807) is 6.20 Å². The van der Waals surface area contributed by atoms with Crippen LogP contribution in [0.5, 0.6) is 0 Å². The minimum Gasteiger partial charge on any atom is -0.378 e. The molecule has 3 aromatic rings. The first-order chi connectivity index (χ1) is 20.7. The van der Waals surface area contributed by atoms with Gasteiger partial charge in [-0.15, -0.1) is 0 Å². The van der Waals surface area contributed by atoms with Gasteiger partial charge < -0.3 is 36.5 Å². The van der Waals surface area contributed by atoms with E-state index in [0.717, 1.165) is 36.2 Å². The lowest BCUT2D eigenvalue weighted by molar-refractivity contribution is -0.120. The van der Waals surface area contributed by atoms with Gasteiger partial charge in [0, 0.05) is 49.7 Å². The molecule has 6 N–H and O–H groups in total. The zero-order valence-corrected chi connectivity index (χ0v) is 24.2. The Morgan fingerprint density at radius 3 is 2.38 bits per heavy atom. The van der Waals surface area contributed by atoms with Crippen LogP contribution in [-0.2, 0) is 27.1 Å². The molecule has 1 fully saturated rings. The molecule has 0 saturated heterocycles. The monoisotopic (exact) mass is 577 g/mol. The van der Waals surface area contributed by atoms with E-state index in [-0.39, 0.29) is 12.3 Å². The maximum Gasteiger partial charge on any atom is 0.233 e. The summed E-state index contributed by atoms with van der Waals surface area (Å²) in [5.41, 5.74) is 8.10. The molecule has 226 valence electrons. The lowest BCUT2D eigenvalue weighted by atomic mass is 9.96. The molecule has 12 nitrogen and oxygen atoms in total. The second-order valence-electron chi connectivity index (χ2n) is 10.1. The van der Waals surface area contributed by atoms with Crippen molar-refractivity contribution in [2.45, 2.75) is 51.0 Å². The SMILES string of the molecule is NCCOCCOCCNC(=O)Cc1ccc(Nc2nc(NCCc3ccccn3)nc(NC3CCCCC3)n2)cc1. The van der Waals surface area contributed by atoms with Crippen LogP contribution < -0.4 is 27.0 Å². The Bertz CT molecular complexity index is 1190. The van der Waals surface area contributed by atoms with Crippen molar-refractivity contribution in [1.29, 1.82) is 0 Å². The van der Waals surface area contributed by atoms with Crippen molar-refractivity contribution >= 4 is 29.4 Å². The third kappa shape index (κ3) is 11.6. The van der Waals surface area contributed by atoms with E-state index in [1.165, 1.54) is 19.3 Å². The van der Waals surface area contributed by atoms with Crippen LogP contribution in [-0.4, -0.2) is 77.9 Å². The minimum absolute atomic E-state index is 0.0593. The van der Waals surface area contributed by atoms with Crippen molar-refractivity contribution in [3.05, 3.63) is 59.9 Å². The van der Waals surface area contributed by atoms with Gasteiger partial charge in [0.05, 0.1) is 32.8 Å². The summed E-state index contributed by atoms with van der Waals surface area (Å²) in [5.74, 6) is 1.45. The molecule has 42 heavy (non-hydrogen) atoms. The molecule has 4 rings (SSSR count). The van der Waals surface area contributed by atoms with Crippen molar-refractivity contribution in [3.63, 3.8) is 0 Å². The number of aromatic nitrogens is 4. The lowest BCUT2D eigenvalue weighted by Gasteiger charge is -2.23. The molecule has 1 amide bonds. The number of carbonyl (C=O) groups excluding carboxylic acids is 1. The van der Waals surface area contributed by atoms with Gasteiger partial charge in [-0.2, -0.15) is 15.0 Å². The molecule has 2 aromatic heterocycles. The number of amides is 1. The molecule has 0 radical (unpaired) electrons. The Kier molecular flexibility index (Phi) is 13.2. The summed E-state index contributed by atoms with van der Waals surface area (Å²) in [5, 5.41) is 13.0. The van der Waals surface area contributed by atoms with Crippen LogP contribution in [0.3, 0.4) is 0 Å². The van der Waals surface area contributed by atoms with Crippen molar-refractivity contribution in [1.82, 2.24) is 25.3 Å². The van der Waals surface area contributed by atoms with Crippen LogP contribution in [0.25, 0.3) is 0 Å². The fraction of sp³-hybridized carbons (Fsp3) is 0.500. The van der Waals surface area contributed by atoms with Gasteiger partial charge in [-0.1, -0.05) is 37.5 Å². The van der Waals surface area contributed by atoms with Crippen LogP contribution in [0.4, 0.5) is 23.5 Å². The number of nitrogens with zero attached hydrogens (tertiary/aromatic N) is 4. The summed E-state index contributed by atoms with van der Waals surface area (Å²) >= 11 is 0. The standard InChI is InChI=1S/C30H43N9O3/c31-14-18-41-20-21-42-19-17-33-27(40)22-23-9-11-26(12-10-23)36-30-38-28(34-16-13-24-6-4-5-15-32-24)37-29(39-30)35-25-7-2-1-3-8-25/h4-6,9-12,15,25H,1-3,7-8,13-14,16-22,31H2,(H,33,40)(H3,34,35,36,37,38,39). The third-order valence-corrected chi connectivity index (χ3v) is 6.74. The Morgan fingerprint density at radius 2 is 1.62 bits per heavy atom. The number of hydrogen-bond acceptors (Lipinski definition) is 11. The quantitative estimate of drug-likeness (QED) is 0.141. The van der Waals surface area contributed by atoms with Gasteiger partial charge >= 0.3 is 0 Å². The minimum atomic E-state index is -0.0593. The van der Waals surface area contributed by atoms with Gasteiger partial charge in [-0.25, -0.2) is 0 Å². The second kappa shape index (κ2) is 17.8. The predicted octanol–water partition coefficient (Wildman–Crippen LogP) is 3.06. The molecule has 1 saturated carbocycles. The van der Waals surface area contributed by atoms with E-state index in [1.807, 2.05) is 42.5 Å². The molecule has 1 aromatic carbocycles. The first-order valence-electron chi connectivity index (χ1n) is 14.8. The first-order valence-corrected chi connectivity index (χ1v) is 14.8. The van der Waals surface area contributed by atoms with Crippen LogP contribution in [0, 0.1) is 0 Å². The second-order valence-corrected chi connectivity index (χ2v) is 10.1. The van der Waals surface area contributed by atoms with E-state index < -0.39 is 0 Å². The third-order valence-electron chi connectivity index (χ3n) is 6.74. The molecule has 0 unspecified atom stereocenters. The highest BCUT2D eigenvalue weighted by Gasteiger charge is 2.16. The first kappa shape index (κ1) is 31.1. The zero-order chi connectivity index (χ0) is 29.2. The Hall–Kier alpha value is -3.87. The summed E-state index contributed by atoms with van der Waals surface area (Å²) in [6, 6.07) is 13.9. The molecule has 1 aliphatic rings. The molecule has 0 spiro atoms. The summed E-state index contributed by atoms with van der Waals surface area (Å²) in [6.45, 7) is 3.53. The maximum atomic E-state index is 12.3. The van der Waals surface area contributed by atoms with E-state index in [4.69, 9.17) is 15.2 Å². The number of nitrogens with two attached hydrogens (primary N) is 1. The number of carbonyl (C=O) groups is 1. The summed E-state index contributed by atoms with van der Waals surface area (Å²) in [6.07, 6.45) is 8.77. The smallest absolute Gasteiger partial charge is 0.233 e. The van der Waals surface area contributed by atoms with Gasteiger partial charge in [0.2, 0.25) is 23.8 Å². The van der Waals surface area contributed by atoms with Gasteiger partial charge in [-0.3, -0.25) is 9.78 Å². The Balaban J connectivity index is 1.28. The van der Waals surface area contributed by atoms with Crippen molar-refractivity contribution in [2.24, 2.45) is 5.73 Å². The summed E-state index contributed by atoms with van der Waals surface area (Å²) in [4.78, 5) is 30.6. The van der Waals surface area contributed by atoms with Crippen LogP contribution >= 0.6 is 0 Å². The van der Waals surface area contributed by atoms with Crippen LogP contribution in [0.15, 0.2) is 48.7 Å². The van der Waals surface area contributed by atoms with E-state index in [2.05, 4.69) is 41.2 Å². The number of benzene rings is 1. The number of ether oxygens (including phenoxy) is 2. The highest BCUT2D eigenvalue weighted by molar-refractivity contribution is 5.78. The normalized spacial score (nSPS) is 13.5. The summed E-state index contributed by atoms with van der Waals surface area (Å²) < 4.78 is 10.7. The maximum absolute atomic E-state index is 12.3. The average Bonchev–Trinajstić information content (AvgIpc) is 3.00. The van der Waals surface area contributed by atoms with Crippen molar-refractivity contribution in [2.75, 3.05) is 62.0 Å². The number of rotatable bonds is 18. The highest BCUT2D eigenvalue weighted by Crippen LogP contribution is 2.22. The number of nitrogens with one attached hydrogen (secondary N) is 4. The average molecular weight is 578 g/mol. The largest absolute Gasteiger partial charge is 0.378 e. The van der Waals surface area contributed by atoms with Crippen molar-refractivity contribution < 1.29 is 14.3 Å². The molecule has 12 heteroatoms. The van der Waals surface area contributed by atoms with Crippen LogP contribution in [0.2, 0.25) is 0 Å². The van der Waals surface area contributed by atoms with Crippen molar-refractivity contribution in [3.8, 4) is 0 Å².